The monoisotopic (exact) mass is 181 g/mol. The van der Waals surface area contributed by atoms with Gasteiger partial charge >= 0.3 is 0 Å². The van der Waals surface area contributed by atoms with Gasteiger partial charge in [0.25, 0.3) is 0 Å². The average molecular weight is 181 g/mol. The third kappa shape index (κ3) is 1.88. The van der Waals surface area contributed by atoms with Crippen molar-refractivity contribution in [2.75, 3.05) is 6.54 Å². The normalized spacial score (nSPS) is 18.9. The van der Waals surface area contributed by atoms with Crippen LogP contribution in [-0.2, 0) is 6.42 Å². The van der Waals surface area contributed by atoms with Gasteiger partial charge in [-0.15, -0.1) is 10.2 Å². The molecule has 1 aliphatic carbocycles. The maximum Gasteiger partial charge on any atom is 0.219 e. The molecule has 0 aromatic carbocycles. The highest BCUT2D eigenvalue weighted by Crippen LogP contribution is 2.41. The van der Waals surface area contributed by atoms with Gasteiger partial charge in [-0.25, -0.2) is 0 Å². The van der Waals surface area contributed by atoms with Crippen LogP contribution in [0.3, 0.4) is 0 Å². The average Bonchev–Trinajstić information content (AvgIpc) is 2.87. The van der Waals surface area contributed by atoms with Crippen LogP contribution in [-0.4, -0.2) is 16.7 Å². The van der Waals surface area contributed by atoms with Crippen LogP contribution in [0.15, 0.2) is 4.42 Å². The summed E-state index contributed by atoms with van der Waals surface area (Å²) in [7, 11) is 0. The fourth-order valence-corrected chi connectivity index (χ4v) is 1.47. The van der Waals surface area contributed by atoms with Crippen molar-refractivity contribution >= 4 is 0 Å². The van der Waals surface area contributed by atoms with Crippen LogP contribution in [0, 0.1) is 5.92 Å². The number of aromatic nitrogens is 2. The summed E-state index contributed by atoms with van der Waals surface area (Å²) in [6.45, 7) is 2.72. The minimum Gasteiger partial charge on any atom is -0.425 e. The van der Waals surface area contributed by atoms with E-state index in [1.165, 1.54) is 12.8 Å². The van der Waals surface area contributed by atoms with E-state index in [1.807, 2.05) is 0 Å². The largest absolute Gasteiger partial charge is 0.425 e. The van der Waals surface area contributed by atoms with Gasteiger partial charge in [-0.1, -0.05) is 6.92 Å². The molecule has 0 saturated heterocycles. The van der Waals surface area contributed by atoms with Gasteiger partial charge in [-0.2, -0.15) is 0 Å². The minimum absolute atomic E-state index is 0.430. The first kappa shape index (κ1) is 8.69. The molecule has 1 heterocycles. The number of rotatable bonds is 4. The van der Waals surface area contributed by atoms with E-state index in [-0.39, 0.29) is 0 Å². The molecule has 2 N–H and O–H groups in total. The fraction of sp³-hybridized carbons (Fsp3) is 0.778. The van der Waals surface area contributed by atoms with Crippen molar-refractivity contribution in [2.24, 2.45) is 11.7 Å². The highest BCUT2D eigenvalue weighted by Gasteiger charge is 2.32. The molecular weight excluding hydrogens is 166 g/mol. The Bertz CT molecular complexity index is 280. The standard InChI is InChI=1S/C9H15N3O/c1-6(7-2-3-7)9-12-11-8(13-9)4-5-10/h6-7H,2-5,10H2,1H3. The first-order chi connectivity index (χ1) is 6.31. The zero-order valence-corrected chi connectivity index (χ0v) is 7.86. The fourth-order valence-electron chi connectivity index (χ4n) is 1.47. The molecule has 72 valence electrons. The van der Waals surface area contributed by atoms with Crippen LogP contribution in [0.5, 0.6) is 0 Å². The van der Waals surface area contributed by atoms with Gasteiger partial charge in [0.2, 0.25) is 11.8 Å². The summed E-state index contributed by atoms with van der Waals surface area (Å²) in [5.74, 6) is 2.65. The molecule has 1 aromatic heterocycles. The number of hydrogen-bond donors (Lipinski definition) is 1. The Kier molecular flexibility index (Phi) is 2.31. The van der Waals surface area contributed by atoms with E-state index in [0.29, 0.717) is 24.8 Å². The van der Waals surface area contributed by atoms with Gasteiger partial charge in [0.15, 0.2) is 0 Å². The van der Waals surface area contributed by atoms with Crippen LogP contribution >= 0.6 is 0 Å². The van der Waals surface area contributed by atoms with Crippen LogP contribution in [0.1, 0.15) is 37.5 Å². The molecule has 1 aromatic rings. The first-order valence-electron chi connectivity index (χ1n) is 4.83. The second-order valence-corrected chi connectivity index (χ2v) is 3.70. The first-order valence-corrected chi connectivity index (χ1v) is 4.83. The maximum absolute atomic E-state index is 5.48. The lowest BCUT2D eigenvalue weighted by molar-refractivity contribution is 0.408. The minimum atomic E-state index is 0.430. The van der Waals surface area contributed by atoms with E-state index in [0.717, 1.165) is 11.8 Å². The van der Waals surface area contributed by atoms with Gasteiger partial charge < -0.3 is 10.2 Å². The molecule has 4 heteroatoms. The molecule has 0 bridgehead atoms. The highest BCUT2D eigenvalue weighted by atomic mass is 16.4. The summed E-state index contributed by atoms with van der Waals surface area (Å²) in [6, 6.07) is 0. The van der Waals surface area contributed by atoms with Crippen LogP contribution < -0.4 is 5.73 Å². The lowest BCUT2D eigenvalue weighted by atomic mass is 10.1. The molecule has 2 rings (SSSR count). The Balaban J connectivity index is 2.03. The summed E-state index contributed by atoms with van der Waals surface area (Å²) in [5.41, 5.74) is 5.39. The number of hydrogen-bond acceptors (Lipinski definition) is 4. The quantitative estimate of drug-likeness (QED) is 0.755. The van der Waals surface area contributed by atoms with E-state index < -0.39 is 0 Å². The maximum atomic E-state index is 5.48. The Hall–Kier alpha value is -0.900. The lowest BCUT2D eigenvalue weighted by Gasteiger charge is -2.01. The smallest absolute Gasteiger partial charge is 0.219 e. The van der Waals surface area contributed by atoms with Crippen molar-refractivity contribution in [2.45, 2.75) is 32.1 Å². The Labute approximate surface area is 77.5 Å². The second kappa shape index (κ2) is 3.46. The van der Waals surface area contributed by atoms with Crippen LogP contribution in [0.25, 0.3) is 0 Å². The summed E-state index contributed by atoms with van der Waals surface area (Å²) >= 11 is 0. The predicted molar refractivity (Wildman–Crippen MR) is 48.2 cm³/mol. The van der Waals surface area contributed by atoms with Crippen molar-refractivity contribution in [1.29, 1.82) is 0 Å². The summed E-state index contributed by atoms with van der Waals surface area (Å²) < 4.78 is 5.48. The molecule has 0 amide bonds. The van der Waals surface area contributed by atoms with Crippen molar-refractivity contribution in [1.82, 2.24) is 10.2 Å². The lowest BCUT2D eigenvalue weighted by Crippen LogP contribution is -2.02. The van der Waals surface area contributed by atoms with Gasteiger partial charge in [-0.05, 0) is 18.8 Å². The molecule has 1 atom stereocenters. The van der Waals surface area contributed by atoms with Crippen molar-refractivity contribution < 1.29 is 4.42 Å². The Morgan fingerprint density at radius 3 is 2.92 bits per heavy atom. The zero-order chi connectivity index (χ0) is 9.26. The molecule has 1 fully saturated rings. The van der Waals surface area contributed by atoms with E-state index in [1.54, 1.807) is 0 Å². The van der Waals surface area contributed by atoms with E-state index in [9.17, 15) is 0 Å². The number of nitrogens with zero attached hydrogens (tertiary/aromatic N) is 2. The van der Waals surface area contributed by atoms with Crippen molar-refractivity contribution in [3.05, 3.63) is 11.8 Å². The summed E-state index contributed by atoms with van der Waals surface area (Å²) in [4.78, 5) is 0. The molecule has 1 saturated carbocycles. The predicted octanol–water partition coefficient (Wildman–Crippen LogP) is 1.08. The summed E-state index contributed by atoms with van der Waals surface area (Å²) in [5, 5.41) is 7.96. The molecule has 0 aliphatic heterocycles. The third-order valence-corrected chi connectivity index (χ3v) is 2.56. The van der Waals surface area contributed by atoms with E-state index in [2.05, 4.69) is 17.1 Å². The third-order valence-electron chi connectivity index (χ3n) is 2.56. The van der Waals surface area contributed by atoms with Crippen molar-refractivity contribution in [3.63, 3.8) is 0 Å². The van der Waals surface area contributed by atoms with E-state index >= 15 is 0 Å². The molecule has 13 heavy (non-hydrogen) atoms. The zero-order valence-electron chi connectivity index (χ0n) is 7.86. The number of nitrogens with two attached hydrogens (primary N) is 1. The Morgan fingerprint density at radius 2 is 2.31 bits per heavy atom. The molecule has 0 radical (unpaired) electrons. The molecule has 4 nitrogen and oxygen atoms in total. The van der Waals surface area contributed by atoms with Gasteiger partial charge in [0, 0.05) is 18.9 Å². The molecular formula is C9H15N3O. The molecule has 1 aliphatic rings. The van der Waals surface area contributed by atoms with Gasteiger partial charge in [0.05, 0.1) is 0 Å². The molecule has 1 unspecified atom stereocenters. The van der Waals surface area contributed by atoms with Crippen molar-refractivity contribution in [3.8, 4) is 0 Å². The SMILES string of the molecule is CC(c1nnc(CCN)o1)C1CC1. The van der Waals surface area contributed by atoms with Gasteiger partial charge in [0.1, 0.15) is 0 Å². The van der Waals surface area contributed by atoms with Crippen LogP contribution in [0.4, 0.5) is 0 Å². The van der Waals surface area contributed by atoms with E-state index in [4.69, 9.17) is 10.2 Å². The summed E-state index contributed by atoms with van der Waals surface area (Å²) in [6.07, 6.45) is 3.29. The molecule has 0 spiro atoms. The topological polar surface area (TPSA) is 64.9 Å². The second-order valence-electron chi connectivity index (χ2n) is 3.70. The Morgan fingerprint density at radius 1 is 1.54 bits per heavy atom. The van der Waals surface area contributed by atoms with Crippen LogP contribution in [0.2, 0.25) is 0 Å². The highest BCUT2D eigenvalue weighted by molar-refractivity contribution is 4.97. The van der Waals surface area contributed by atoms with Gasteiger partial charge in [-0.3, -0.25) is 0 Å².